The van der Waals surface area contributed by atoms with Crippen LogP contribution >= 0.6 is 23.2 Å². The largest absolute Gasteiger partial charge is 0.545 e. The molecule has 0 N–H and O–H groups in total. The molecule has 0 radical (unpaired) electrons. The molecule has 0 amide bonds. The Morgan fingerprint density at radius 3 is 1.89 bits per heavy atom. The first-order chi connectivity index (χ1) is 8.68. The van der Waals surface area contributed by atoms with E-state index in [0.717, 1.165) is 12.8 Å². The second-order valence-corrected chi connectivity index (χ2v) is 4.24. The fraction of sp³-hybridized carbons (Fsp3) is 0.385. The fourth-order valence-corrected chi connectivity index (χ4v) is 0.376. The van der Waals surface area contributed by atoms with Gasteiger partial charge in [-0.3, -0.25) is 0 Å². The average molecular weight is 310 g/mol. The lowest BCUT2D eigenvalue weighted by molar-refractivity contribution is -0.299. The summed E-state index contributed by atoms with van der Waals surface area (Å²) in [4.78, 5) is 19.8. The van der Waals surface area contributed by atoms with Crippen LogP contribution in [0.3, 0.4) is 0 Å². The van der Waals surface area contributed by atoms with Gasteiger partial charge >= 0.3 is 5.97 Å². The van der Waals surface area contributed by atoms with Crippen molar-refractivity contribution >= 4 is 35.1 Å². The Balaban J connectivity index is -0.000000222. The van der Waals surface area contributed by atoms with Crippen molar-refractivity contribution < 1.29 is 19.4 Å². The number of aliphatic carboxylic acids is 1. The van der Waals surface area contributed by atoms with Crippen LogP contribution in [0.4, 0.5) is 0 Å². The van der Waals surface area contributed by atoms with E-state index in [2.05, 4.69) is 24.5 Å². The number of carboxylic acid groups (broad SMARTS) is 1. The van der Waals surface area contributed by atoms with Gasteiger partial charge in [-0.05, 0) is 18.9 Å². The van der Waals surface area contributed by atoms with Crippen molar-refractivity contribution in [2.45, 2.75) is 26.7 Å². The summed E-state index contributed by atoms with van der Waals surface area (Å²) in [6, 6.07) is 0. The Morgan fingerprint density at radius 2 is 1.68 bits per heavy atom. The van der Waals surface area contributed by atoms with E-state index in [-0.39, 0.29) is 16.0 Å². The zero-order valence-electron chi connectivity index (χ0n) is 11.2. The summed E-state index contributed by atoms with van der Waals surface area (Å²) < 4.78 is 4.79. The van der Waals surface area contributed by atoms with Crippen molar-refractivity contribution in [3.05, 3.63) is 35.9 Å². The molecule has 110 valence electrons. The Morgan fingerprint density at radius 1 is 1.32 bits per heavy atom. The third-order valence-electron chi connectivity index (χ3n) is 1.26. The van der Waals surface area contributed by atoms with E-state index < -0.39 is 5.97 Å². The Bertz CT molecular complexity index is 296. The number of halogens is 2. The summed E-state index contributed by atoms with van der Waals surface area (Å²) in [5.41, 5.74) is 0.0648. The van der Waals surface area contributed by atoms with Crippen LogP contribution in [0.5, 0.6) is 0 Å². The highest BCUT2D eigenvalue weighted by molar-refractivity contribution is 6.55. The second kappa shape index (κ2) is 16.7. The molecule has 6 heteroatoms. The van der Waals surface area contributed by atoms with Gasteiger partial charge in [0.05, 0.1) is 17.1 Å². The molecule has 19 heavy (non-hydrogen) atoms. The number of carbonyl (C=O) groups is 2. The van der Waals surface area contributed by atoms with Gasteiger partial charge < -0.3 is 14.6 Å². The molecule has 0 aromatic heterocycles. The second-order valence-electron chi connectivity index (χ2n) is 3.13. The van der Waals surface area contributed by atoms with Crippen molar-refractivity contribution in [3.8, 4) is 0 Å². The van der Waals surface area contributed by atoms with Crippen molar-refractivity contribution in [3.63, 3.8) is 0 Å². The molecule has 0 saturated carbocycles. The van der Waals surface area contributed by atoms with Gasteiger partial charge in [-0.1, -0.05) is 56.3 Å². The number of unbranched alkanes of at least 4 members (excludes halogenated alkanes) is 1. The molecule has 0 aliphatic heterocycles. The van der Waals surface area contributed by atoms with Crippen LogP contribution in [-0.4, -0.2) is 18.5 Å². The van der Waals surface area contributed by atoms with Gasteiger partial charge in [0.2, 0.25) is 0 Å². The molecule has 0 bridgehead atoms. The van der Waals surface area contributed by atoms with Crippen LogP contribution in [-0.2, 0) is 14.3 Å². The summed E-state index contributed by atoms with van der Waals surface area (Å²) in [5.74, 6) is -1.52. The standard InChI is InChI=1S/C7H12O2.C4H6O2.C2H2Cl2/c1-3-5-6-9-7(8)4-2;1-3(2)4(5)6;1-2(3)4/h4H,2-3,5-6H2,1H3;1H2,2H3,(H,5,6);1H2/p-1. The molecule has 0 spiro atoms. The maximum atomic E-state index is 10.3. The molecular formula is C13H19Cl2O4-. The summed E-state index contributed by atoms with van der Waals surface area (Å²) in [5, 5.41) is 9.49. The molecule has 0 heterocycles. The maximum Gasteiger partial charge on any atom is 0.330 e. The number of rotatable bonds is 5. The van der Waals surface area contributed by atoms with Gasteiger partial charge in [0, 0.05) is 6.08 Å². The molecule has 0 rings (SSSR count). The molecule has 0 aliphatic rings. The smallest absolute Gasteiger partial charge is 0.330 e. The summed E-state index contributed by atoms with van der Waals surface area (Å²) >= 11 is 9.69. The third-order valence-corrected chi connectivity index (χ3v) is 1.26. The third kappa shape index (κ3) is 38.3. The first-order valence-corrected chi connectivity index (χ1v) is 6.10. The summed E-state index contributed by atoms with van der Waals surface area (Å²) in [6.45, 7) is 13.4. The van der Waals surface area contributed by atoms with Crippen molar-refractivity contribution in [1.29, 1.82) is 0 Å². The minimum atomic E-state index is -1.19. The normalized spacial score (nSPS) is 7.79. The lowest BCUT2D eigenvalue weighted by atomic mass is 10.4. The first kappa shape index (κ1) is 22.9. The average Bonchev–Trinajstić information content (AvgIpc) is 2.29. The van der Waals surface area contributed by atoms with E-state index in [1.54, 1.807) is 0 Å². The highest BCUT2D eigenvalue weighted by Gasteiger charge is 1.91. The highest BCUT2D eigenvalue weighted by atomic mass is 35.5. The topological polar surface area (TPSA) is 66.4 Å². The molecule has 4 nitrogen and oxygen atoms in total. The minimum absolute atomic E-state index is 0.0648. The predicted molar refractivity (Wildman–Crippen MR) is 76.7 cm³/mol. The van der Waals surface area contributed by atoms with Crippen LogP contribution in [0.1, 0.15) is 26.7 Å². The Hall–Kier alpha value is -1.26. The van der Waals surface area contributed by atoms with Crippen LogP contribution < -0.4 is 5.11 Å². The number of esters is 1. The van der Waals surface area contributed by atoms with Crippen molar-refractivity contribution in [2.24, 2.45) is 0 Å². The number of carbonyl (C=O) groups excluding carboxylic acids is 2. The highest BCUT2D eigenvalue weighted by Crippen LogP contribution is 1.98. The first-order valence-electron chi connectivity index (χ1n) is 5.34. The molecule has 0 fully saturated rings. The summed E-state index contributed by atoms with van der Waals surface area (Å²) in [6.07, 6.45) is 3.15. The van der Waals surface area contributed by atoms with Crippen LogP contribution in [0, 0.1) is 0 Å². The number of ether oxygens (including phenoxy) is 1. The van der Waals surface area contributed by atoms with Crippen LogP contribution in [0.15, 0.2) is 35.9 Å². The van der Waals surface area contributed by atoms with Gasteiger partial charge in [-0.15, -0.1) is 0 Å². The van der Waals surface area contributed by atoms with Crippen LogP contribution in [0.25, 0.3) is 0 Å². The molecule has 0 atom stereocenters. The zero-order chi connectivity index (χ0) is 15.8. The SMILES string of the molecule is C=C(C)C(=O)[O-].C=C(Cl)Cl.C=CC(=O)OCCCC. The summed E-state index contributed by atoms with van der Waals surface area (Å²) in [7, 11) is 0. The van der Waals surface area contributed by atoms with E-state index in [1.807, 2.05) is 6.92 Å². The molecule has 0 aromatic carbocycles. The molecular weight excluding hydrogens is 291 g/mol. The lowest BCUT2D eigenvalue weighted by Gasteiger charge is -1.97. The van der Waals surface area contributed by atoms with E-state index in [0.29, 0.717) is 6.61 Å². The van der Waals surface area contributed by atoms with E-state index >= 15 is 0 Å². The van der Waals surface area contributed by atoms with E-state index in [4.69, 9.17) is 23.2 Å². The van der Waals surface area contributed by atoms with E-state index in [1.165, 1.54) is 13.0 Å². The van der Waals surface area contributed by atoms with Crippen molar-refractivity contribution in [1.82, 2.24) is 0 Å². The number of hydrogen-bond acceptors (Lipinski definition) is 4. The fourth-order valence-electron chi connectivity index (χ4n) is 0.376. The predicted octanol–water partition coefficient (Wildman–Crippen LogP) is 2.76. The van der Waals surface area contributed by atoms with Gasteiger partial charge in [-0.25, -0.2) is 4.79 Å². The van der Waals surface area contributed by atoms with Gasteiger partial charge in [0.25, 0.3) is 0 Å². The molecule has 0 aliphatic carbocycles. The lowest BCUT2D eigenvalue weighted by Crippen LogP contribution is -2.22. The number of hydrogen-bond donors (Lipinski definition) is 0. The van der Waals surface area contributed by atoms with Gasteiger partial charge in [0.1, 0.15) is 0 Å². The quantitative estimate of drug-likeness (QED) is 0.445. The monoisotopic (exact) mass is 309 g/mol. The van der Waals surface area contributed by atoms with E-state index in [9.17, 15) is 14.7 Å². The van der Waals surface area contributed by atoms with Gasteiger partial charge in [0.15, 0.2) is 0 Å². The Kier molecular flexibility index (Phi) is 20.2. The van der Waals surface area contributed by atoms with Crippen LogP contribution in [0.2, 0.25) is 0 Å². The van der Waals surface area contributed by atoms with Crippen molar-refractivity contribution in [2.75, 3.05) is 6.61 Å². The minimum Gasteiger partial charge on any atom is -0.545 e. The zero-order valence-corrected chi connectivity index (χ0v) is 12.7. The number of carboxylic acids is 1. The van der Waals surface area contributed by atoms with Gasteiger partial charge in [-0.2, -0.15) is 0 Å². The Labute approximate surface area is 124 Å². The maximum absolute atomic E-state index is 10.3. The molecule has 0 unspecified atom stereocenters. The molecule has 0 aromatic rings. The molecule has 0 saturated heterocycles.